The van der Waals surface area contributed by atoms with E-state index in [-0.39, 0.29) is 0 Å². The summed E-state index contributed by atoms with van der Waals surface area (Å²) in [6, 6.07) is 0. The molecule has 0 aliphatic rings. The van der Waals surface area contributed by atoms with E-state index < -0.39 is 0 Å². The van der Waals surface area contributed by atoms with Gasteiger partial charge in [-0.15, -0.1) is 40.8 Å². The van der Waals surface area contributed by atoms with Gasteiger partial charge in [-0.25, -0.2) is 14.0 Å². The molecule has 0 saturated carbocycles. The van der Waals surface area contributed by atoms with Gasteiger partial charge in [0.2, 0.25) is 0 Å². The predicted molar refractivity (Wildman–Crippen MR) is 288 cm³/mol. The Morgan fingerprint density at radius 1 is 0.554 bits per heavy atom. The van der Waals surface area contributed by atoms with Crippen LogP contribution in [0.15, 0.2) is 74.1 Å². The van der Waals surface area contributed by atoms with Crippen LogP contribution in [0.3, 0.4) is 0 Å². The first-order valence-corrected chi connectivity index (χ1v) is 24.9. The van der Waals surface area contributed by atoms with E-state index in [0.29, 0.717) is 19.1 Å². The van der Waals surface area contributed by atoms with Crippen molar-refractivity contribution in [2.45, 2.75) is 99.5 Å². The van der Waals surface area contributed by atoms with Crippen molar-refractivity contribution in [2.75, 3.05) is 20.3 Å². The summed E-state index contributed by atoms with van der Waals surface area (Å²) in [5.74, 6) is 1.48. The van der Waals surface area contributed by atoms with Gasteiger partial charge < -0.3 is 32.7 Å². The lowest BCUT2D eigenvalue weighted by Gasteiger charge is -1.99. The number of aromatic nitrogens is 24. The number of nitrogens with one attached hydrogen (secondary N) is 2. The molecule has 8 heterocycles. The second-order valence-corrected chi connectivity index (χ2v) is 16.0. The van der Waals surface area contributed by atoms with Crippen LogP contribution < -0.4 is 32.7 Å². The SMILES string of the molecule is C/C=C/NC[NH2+]Cn1cc(C)nn1.CCc1cn(C)nn1.CCn1cc(C)nn1.CN/C=C/C[NH2+]Cc1cn(C)nn1.Cc1cn(CN)nn1.Cc1cn(C[SH2+])nn1.Cn1cc(CN)nn1.Cn1cc(C[SH2+])nn1. The molecule has 8 rings (SSSR count). The first-order chi connectivity index (χ1) is 35.6. The zero-order valence-corrected chi connectivity index (χ0v) is 47.0. The molecule has 32 heteroatoms. The molecule has 0 atom stereocenters. The molecule has 0 aliphatic carbocycles. The van der Waals surface area contributed by atoms with Crippen molar-refractivity contribution >= 4 is 25.3 Å². The van der Waals surface area contributed by atoms with E-state index in [4.69, 9.17) is 11.5 Å². The molecular formula is C42H82N30S2+4. The van der Waals surface area contributed by atoms with Crippen LogP contribution in [0.25, 0.3) is 0 Å². The van der Waals surface area contributed by atoms with Crippen LogP contribution in [0.2, 0.25) is 0 Å². The molecule has 74 heavy (non-hydrogen) atoms. The van der Waals surface area contributed by atoms with E-state index in [0.717, 1.165) is 90.7 Å². The number of aryl methyl sites for hydroxylation is 10. The molecule has 8 aromatic rings. The normalized spacial score (nSPS) is 10.2. The van der Waals surface area contributed by atoms with Gasteiger partial charge in [-0.3, -0.25) is 23.4 Å². The topological polar surface area (TPSA) is 355 Å². The van der Waals surface area contributed by atoms with E-state index in [2.05, 4.69) is 142 Å². The Morgan fingerprint density at radius 2 is 1.01 bits per heavy atom. The van der Waals surface area contributed by atoms with Gasteiger partial charge in [0.15, 0.2) is 12.5 Å². The number of nitrogens with zero attached hydrogens (tertiary/aromatic N) is 24. The Balaban J connectivity index is 0.000000427. The van der Waals surface area contributed by atoms with Crippen LogP contribution >= 0.6 is 0 Å². The van der Waals surface area contributed by atoms with Gasteiger partial charge in [0.05, 0.1) is 72.2 Å². The van der Waals surface area contributed by atoms with Crippen molar-refractivity contribution in [2.24, 2.45) is 39.7 Å². The lowest BCUT2D eigenvalue weighted by molar-refractivity contribution is -0.687. The molecule has 30 nitrogen and oxygen atoms in total. The summed E-state index contributed by atoms with van der Waals surface area (Å²) < 4.78 is 13.6. The fourth-order valence-electron chi connectivity index (χ4n) is 4.98. The van der Waals surface area contributed by atoms with Gasteiger partial charge in [0, 0.05) is 73.1 Å². The zero-order chi connectivity index (χ0) is 54.9. The Labute approximate surface area is 444 Å². The first kappa shape index (κ1) is 64.8. The molecule has 0 saturated heterocycles. The zero-order valence-electron chi connectivity index (χ0n) is 45.0. The smallest absolute Gasteiger partial charge is 0.197 e. The van der Waals surface area contributed by atoms with E-state index in [1.807, 2.05) is 137 Å². The van der Waals surface area contributed by atoms with E-state index in [1.54, 1.807) is 45.2 Å². The highest BCUT2D eigenvalue weighted by molar-refractivity contribution is 7.57. The molecule has 0 bridgehead atoms. The average molecular weight is 1070 g/mol. The number of rotatable bonds is 16. The van der Waals surface area contributed by atoms with Crippen molar-refractivity contribution in [1.82, 2.24) is 131 Å². The summed E-state index contributed by atoms with van der Waals surface area (Å²) in [4.78, 5) is 0. The first-order valence-electron chi connectivity index (χ1n) is 23.5. The van der Waals surface area contributed by atoms with Crippen molar-refractivity contribution < 1.29 is 10.6 Å². The molecule has 0 amide bonds. The fourth-order valence-corrected chi connectivity index (χ4v) is 5.30. The highest BCUT2D eigenvalue weighted by Gasteiger charge is 1.99. The standard InChI is InChI=1S/2C8H15N5.2C5H9N3.2C4H8N4.2C4H7N3S/c1-9-4-3-5-10-6-8-7-13(2)12-11-8;1-3-4-9-6-10-7-13-5-8(2)11-12-13;1-3-5-4-8(2)7-6-5;1-3-8-4-5(2)6-7-8;1-8-3-4(2-5)6-7-8;1-4-2-8(3-5)7-6-4;1-7-2-4(3-8)5-6-7;1-4-2-7(3-8)6-5-4/h3-4,7,9-10H,5-6H2,1-2H3;3-5,9-10H,6-7H2,1-2H3;2*4H,3H2,1-2H3;3H,2,5H2,1H3;2H,3,5H2,1H3;2*2,8H,3H2,1H3/p+4/b2*4-3+;;;;;;. The number of nitrogens with two attached hydrogens (primary N) is 4. The largest absolute Gasteiger partial charge is 0.394 e. The van der Waals surface area contributed by atoms with Gasteiger partial charge in [-0.05, 0) is 91.7 Å². The number of quaternary nitrogens is 2. The van der Waals surface area contributed by atoms with E-state index in [1.165, 1.54) is 0 Å². The Kier molecular flexibility index (Phi) is 35.2. The molecular weight excluding hydrogens is 989 g/mol. The molecule has 0 aliphatic heterocycles. The lowest BCUT2D eigenvalue weighted by Crippen LogP contribution is -2.86. The summed E-state index contributed by atoms with van der Waals surface area (Å²) in [5, 5.41) is 71.0. The van der Waals surface area contributed by atoms with Gasteiger partial charge in [-0.2, -0.15) is 0 Å². The van der Waals surface area contributed by atoms with Gasteiger partial charge >= 0.3 is 0 Å². The van der Waals surface area contributed by atoms with E-state index in [9.17, 15) is 0 Å². The molecule has 0 spiro atoms. The fraction of sp³-hybridized carbons (Fsp3) is 0.524. The molecule has 408 valence electrons. The third-order valence-electron chi connectivity index (χ3n) is 8.44. The number of hydrogen-bond donors (Lipinski definition) is 6. The Bertz CT molecular complexity index is 2300. The summed E-state index contributed by atoms with van der Waals surface area (Å²) in [5.41, 5.74) is 18.1. The third-order valence-corrected chi connectivity index (χ3v) is 9.13. The molecule has 8 aromatic heterocycles. The second-order valence-electron chi connectivity index (χ2n) is 15.3. The maximum Gasteiger partial charge on any atom is 0.197 e. The van der Waals surface area contributed by atoms with Gasteiger partial charge in [-0.1, -0.05) is 54.7 Å². The molecule has 0 fully saturated rings. The number of allylic oxidation sites excluding steroid dienone is 1. The van der Waals surface area contributed by atoms with Crippen molar-refractivity contribution in [3.05, 3.63) is 120 Å². The predicted octanol–water partition coefficient (Wildman–Crippen LogP) is -3.56. The van der Waals surface area contributed by atoms with Crippen LogP contribution in [0.1, 0.15) is 66.3 Å². The Hall–Kier alpha value is -7.26. The maximum absolute atomic E-state index is 5.25. The summed E-state index contributed by atoms with van der Waals surface area (Å²) in [6.45, 7) is 19.0. The van der Waals surface area contributed by atoms with Crippen LogP contribution in [-0.2, 0) is 104 Å². The van der Waals surface area contributed by atoms with Gasteiger partial charge in [0.1, 0.15) is 30.4 Å². The molecule has 10 N–H and O–H groups in total. The quantitative estimate of drug-likeness (QED) is 0.0310. The minimum Gasteiger partial charge on any atom is -0.394 e. The number of hydrogen-bond acceptors (Lipinski definition) is 20. The summed E-state index contributed by atoms with van der Waals surface area (Å²) in [6.07, 6.45) is 23.8. The van der Waals surface area contributed by atoms with Crippen molar-refractivity contribution in [3.63, 3.8) is 0 Å². The van der Waals surface area contributed by atoms with Crippen LogP contribution in [0.5, 0.6) is 0 Å². The molecule has 0 unspecified atom stereocenters. The molecule has 0 radical (unpaired) electrons. The highest BCUT2D eigenvalue weighted by atomic mass is 32.1. The van der Waals surface area contributed by atoms with E-state index >= 15 is 0 Å². The highest BCUT2D eigenvalue weighted by Crippen LogP contribution is 1.91. The minimum atomic E-state index is 0.404. The molecule has 0 aromatic carbocycles. The average Bonchev–Trinajstić information content (AvgIpc) is 4.27. The Morgan fingerprint density at radius 3 is 1.31 bits per heavy atom. The third kappa shape index (κ3) is 31.9. The maximum atomic E-state index is 5.25. The van der Waals surface area contributed by atoms with Crippen molar-refractivity contribution in [1.29, 1.82) is 0 Å². The summed E-state index contributed by atoms with van der Waals surface area (Å²) >= 11 is 6.57. The lowest BCUT2D eigenvalue weighted by atomic mass is 10.4. The van der Waals surface area contributed by atoms with Crippen molar-refractivity contribution in [3.8, 4) is 0 Å². The van der Waals surface area contributed by atoms with Gasteiger partial charge in [0.25, 0.3) is 0 Å². The van der Waals surface area contributed by atoms with Crippen LogP contribution in [0.4, 0.5) is 0 Å². The second kappa shape index (κ2) is 40.2. The van der Waals surface area contributed by atoms with Crippen LogP contribution in [-0.4, -0.2) is 140 Å². The minimum absolute atomic E-state index is 0.404. The monoisotopic (exact) mass is 1070 g/mol. The van der Waals surface area contributed by atoms with Crippen LogP contribution in [0, 0.1) is 27.7 Å². The summed E-state index contributed by atoms with van der Waals surface area (Å²) in [7, 11) is 9.28.